The fourth-order valence-electron chi connectivity index (χ4n) is 2.51. The second-order valence-electron chi connectivity index (χ2n) is 5.49. The van der Waals surface area contributed by atoms with Gasteiger partial charge in [0, 0.05) is 5.88 Å². The van der Waals surface area contributed by atoms with Gasteiger partial charge in [-0.05, 0) is 61.4 Å². The second-order valence-corrected chi connectivity index (χ2v) is 5.80. The van der Waals surface area contributed by atoms with Crippen LogP contribution in [0.5, 0.6) is 0 Å². The van der Waals surface area contributed by atoms with E-state index in [0.29, 0.717) is 11.8 Å². The fraction of sp³-hybridized carbons (Fsp3) is 0.333. The predicted molar refractivity (Wildman–Crippen MR) is 83.9 cm³/mol. The third-order valence-corrected chi connectivity index (χ3v) is 4.08. The van der Waals surface area contributed by atoms with Gasteiger partial charge in [0.25, 0.3) is 0 Å². The lowest BCUT2D eigenvalue weighted by molar-refractivity contribution is 0.575. The number of benzene rings is 2. The van der Waals surface area contributed by atoms with Gasteiger partial charge in [-0.3, -0.25) is 0 Å². The summed E-state index contributed by atoms with van der Waals surface area (Å²) in [5.74, 6) is 0.741. The molecule has 2 rings (SSSR count). The maximum atomic E-state index is 13.2. The van der Waals surface area contributed by atoms with Crippen molar-refractivity contribution in [1.29, 1.82) is 0 Å². The van der Waals surface area contributed by atoms with Crippen LogP contribution in [0.4, 0.5) is 4.39 Å². The van der Waals surface area contributed by atoms with Crippen molar-refractivity contribution in [1.82, 2.24) is 0 Å². The molecular formula is C18H20ClF. The lowest BCUT2D eigenvalue weighted by Gasteiger charge is -2.16. The Kier molecular flexibility index (Phi) is 5.19. The van der Waals surface area contributed by atoms with E-state index in [0.717, 1.165) is 18.4 Å². The van der Waals surface area contributed by atoms with E-state index in [2.05, 4.69) is 32.0 Å². The lowest BCUT2D eigenvalue weighted by atomic mass is 9.91. The van der Waals surface area contributed by atoms with Gasteiger partial charge in [-0.25, -0.2) is 4.39 Å². The van der Waals surface area contributed by atoms with E-state index in [1.165, 1.54) is 22.8 Å². The molecule has 0 aliphatic carbocycles. The first-order chi connectivity index (χ1) is 9.58. The maximum absolute atomic E-state index is 13.2. The smallest absolute Gasteiger partial charge is 0.123 e. The SMILES string of the molecule is Cc1ccc(C)c(CC(CCl)Cc2cccc(F)c2)c1. The molecule has 2 aromatic carbocycles. The standard InChI is InChI=1S/C18H20ClF/c1-13-6-7-14(2)17(8-13)10-16(12-19)9-15-4-3-5-18(20)11-15/h3-8,11,16H,9-10,12H2,1-2H3. The number of hydrogen-bond donors (Lipinski definition) is 0. The van der Waals surface area contributed by atoms with Gasteiger partial charge in [-0.15, -0.1) is 11.6 Å². The van der Waals surface area contributed by atoms with Crippen LogP contribution in [0.1, 0.15) is 22.3 Å². The van der Waals surface area contributed by atoms with E-state index in [-0.39, 0.29) is 5.82 Å². The minimum Gasteiger partial charge on any atom is -0.207 e. The zero-order valence-corrected chi connectivity index (χ0v) is 12.8. The van der Waals surface area contributed by atoms with Crippen LogP contribution < -0.4 is 0 Å². The first kappa shape index (κ1) is 15.1. The average Bonchev–Trinajstić information content (AvgIpc) is 2.42. The van der Waals surface area contributed by atoms with Crippen molar-refractivity contribution in [2.75, 3.05) is 5.88 Å². The van der Waals surface area contributed by atoms with E-state index < -0.39 is 0 Å². The topological polar surface area (TPSA) is 0 Å². The van der Waals surface area contributed by atoms with Gasteiger partial charge in [0.05, 0.1) is 0 Å². The van der Waals surface area contributed by atoms with Crippen molar-refractivity contribution in [3.8, 4) is 0 Å². The molecule has 2 aromatic rings. The third-order valence-electron chi connectivity index (χ3n) is 3.64. The molecule has 0 aliphatic heterocycles. The third kappa shape index (κ3) is 4.08. The quantitative estimate of drug-likeness (QED) is 0.673. The van der Waals surface area contributed by atoms with Crippen molar-refractivity contribution in [3.63, 3.8) is 0 Å². The molecule has 0 aliphatic rings. The number of aryl methyl sites for hydroxylation is 2. The summed E-state index contributed by atoms with van der Waals surface area (Å²) in [7, 11) is 0. The molecule has 0 fully saturated rings. The number of alkyl halides is 1. The van der Waals surface area contributed by atoms with Crippen molar-refractivity contribution in [2.45, 2.75) is 26.7 Å². The van der Waals surface area contributed by atoms with E-state index in [1.807, 2.05) is 6.07 Å². The van der Waals surface area contributed by atoms with Gasteiger partial charge in [-0.2, -0.15) is 0 Å². The molecule has 1 unspecified atom stereocenters. The van der Waals surface area contributed by atoms with Crippen molar-refractivity contribution >= 4 is 11.6 Å². The summed E-state index contributed by atoms with van der Waals surface area (Å²) in [6.07, 6.45) is 1.75. The van der Waals surface area contributed by atoms with Crippen LogP contribution in [-0.4, -0.2) is 5.88 Å². The molecule has 0 saturated carbocycles. The molecule has 0 amide bonds. The first-order valence-electron chi connectivity index (χ1n) is 6.95. The highest BCUT2D eigenvalue weighted by atomic mass is 35.5. The Morgan fingerprint density at radius 2 is 1.85 bits per heavy atom. The van der Waals surface area contributed by atoms with Crippen LogP contribution in [0.3, 0.4) is 0 Å². The molecular weight excluding hydrogens is 271 g/mol. The number of rotatable bonds is 5. The Labute approximate surface area is 125 Å². The zero-order valence-electron chi connectivity index (χ0n) is 12.0. The van der Waals surface area contributed by atoms with E-state index in [4.69, 9.17) is 11.6 Å². The van der Waals surface area contributed by atoms with Crippen molar-refractivity contribution < 1.29 is 4.39 Å². The maximum Gasteiger partial charge on any atom is 0.123 e. The summed E-state index contributed by atoms with van der Waals surface area (Å²) in [5.41, 5.74) is 4.92. The summed E-state index contributed by atoms with van der Waals surface area (Å²) in [6, 6.07) is 13.3. The number of hydrogen-bond acceptors (Lipinski definition) is 0. The molecule has 0 aromatic heterocycles. The summed E-state index contributed by atoms with van der Waals surface area (Å²) < 4.78 is 13.2. The van der Waals surface area contributed by atoms with Crippen molar-refractivity contribution in [2.24, 2.45) is 5.92 Å². The predicted octanol–water partition coefficient (Wildman–Crippen LogP) is 5.08. The van der Waals surface area contributed by atoms with E-state index >= 15 is 0 Å². The Morgan fingerprint density at radius 3 is 2.55 bits per heavy atom. The minimum absolute atomic E-state index is 0.178. The van der Waals surface area contributed by atoms with Crippen LogP contribution in [0, 0.1) is 25.6 Å². The summed E-state index contributed by atoms with van der Waals surface area (Å²) >= 11 is 6.11. The Hall–Kier alpha value is -1.34. The van der Waals surface area contributed by atoms with Gasteiger partial charge in [0.1, 0.15) is 5.82 Å². The second kappa shape index (κ2) is 6.90. The largest absolute Gasteiger partial charge is 0.207 e. The average molecular weight is 291 g/mol. The highest BCUT2D eigenvalue weighted by Crippen LogP contribution is 2.20. The van der Waals surface area contributed by atoms with E-state index in [9.17, 15) is 4.39 Å². The van der Waals surface area contributed by atoms with Crippen LogP contribution >= 0.6 is 11.6 Å². The Bertz CT molecular complexity index is 577. The van der Waals surface area contributed by atoms with Crippen molar-refractivity contribution in [3.05, 3.63) is 70.5 Å². The molecule has 0 saturated heterocycles. The zero-order chi connectivity index (χ0) is 14.5. The Morgan fingerprint density at radius 1 is 1.05 bits per heavy atom. The van der Waals surface area contributed by atoms with Gasteiger partial charge in [0.2, 0.25) is 0 Å². The lowest BCUT2D eigenvalue weighted by Crippen LogP contribution is -2.11. The molecule has 0 heterocycles. The normalized spacial score (nSPS) is 12.4. The number of halogens is 2. The van der Waals surface area contributed by atoms with Gasteiger partial charge < -0.3 is 0 Å². The minimum atomic E-state index is -0.178. The highest BCUT2D eigenvalue weighted by molar-refractivity contribution is 6.18. The monoisotopic (exact) mass is 290 g/mol. The molecule has 0 N–H and O–H groups in total. The fourth-order valence-corrected chi connectivity index (χ4v) is 2.73. The summed E-state index contributed by atoms with van der Waals surface area (Å²) in [5, 5.41) is 0. The molecule has 20 heavy (non-hydrogen) atoms. The van der Waals surface area contributed by atoms with Crippen LogP contribution in [-0.2, 0) is 12.8 Å². The summed E-state index contributed by atoms with van der Waals surface area (Å²) in [4.78, 5) is 0. The molecule has 0 nitrogen and oxygen atoms in total. The molecule has 0 spiro atoms. The van der Waals surface area contributed by atoms with Crippen LogP contribution in [0.15, 0.2) is 42.5 Å². The van der Waals surface area contributed by atoms with Crippen LogP contribution in [0.2, 0.25) is 0 Å². The summed E-state index contributed by atoms with van der Waals surface area (Å²) in [6.45, 7) is 4.23. The molecule has 2 heteroatoms. The molecule has 0 radical (unpaired) electrons. The van der Waals surface area contributed by atoms with Gasteiger partial charge >= 0.3 is 0 Å². The molecule has 1 atom stereocenters. The van der Waals surface area contributed by atoms with Gasteiger partial charge in [-0.1, -0.05) is 35.9 Å². The van der Waals surface area contributed by atoms with E-state index in [1.54, 1.807) is 12.1 Å². The molecule has 0 bridgehead atoms. The van der Waals surface area contributed by atoms with Gasteiger partial charge in [0.15, 0.2) is 0 Å². The molecule has 106 valence electrons. The Balaban J connectivity index is 2.11. The first-order valence-corrected chi connectivity index (χ1v) is 7.48. The highest BCUT2D eigenvalue weighted by Gasteiger charge is 2.12. The van der Waals surface area contributed by atoms with Crippen LogP contribution in [0.25, 0.3) is 0 Å².